The second-order valence-electron chi connectivity index (χ2n) is 8.40. The first-order chi connectivity index (χ1) is 14.8. The van der Waals surface area contributed by atoms with E-state index in [4.69, 9.17) is 4.42 Å². The summed E-state index contributed by atoms with van der Waals surface area (Å²) >= 11 is 0. The SMILES string of the molecule is Cc1cc(C)n(-c2cc(NC(=O)CN3CC(C)NC(C)C3)nc(-c3ccc(C)o3)n2)n1. The summed E-state index contributed by atoms with van der Waals surface area (Å²) in [6.07, 6.45) is 0. The van der Waals surface area contributed by atoms with Crippen LogP contribution in [0.15, 0.2) is 28.7 Å². The number of rotatable bonds is 5. The van der Waals surface area contributed by atoms with E-state index in [1.807, 2.05) is 39.0 Å². The van der Waals surface area contributed by atoms with Crippen molar-refractivity contribution in [2.45, 2.75) is 46.7 Å². The molecule has 2 atom stereocenters. The summed E-state index contributed by atoms with van der Waals surface area (Å²) in [6.45, 7) is 12.0. The normalized spacial score (nSPS) is 19.5. The number of aromatic nitrogens is 4. The molecule has 1 aliphatic rings. The first-order valence-corrected chi connectivity index (χ1v) is 10.5. The summed E-state index contributed by atoms with van der Waals surface area (Å²) in [4.78, 5) is 24.1. The van der Waals surface area contributed by atoms with E-state index in [2.05, 4.69) is 44.4 Å². The van der Waals surface area contributed by atoms with Gasteiger partial charge in [0.25, 0.3) is 0 Å². The van der Waals surface area contributed by atoms with Crippen LogP contribution in [0, 0.1) is 20.8 Å². The number of nitrogens with zero attached hydrogens (tertiary/aromatic N) is 5. The number of piperazine rings is 1. The molecule has 0 aliphatic carbocycles. The van der Waals surface area contributed by atoms with Crippen LogP contribution in [0.3, 0.4) is 0 Å². The third-order valence-corrected chi connectivity index (χ3v) is 5.17. The minimum Gasteiger partial charge on any atom is -0.458 e. The molecule has 164 valence electrons. The Morgan fingerprint density at radius 2 is 1.90 bits per heavy atom. The number of carbonyl (C=O) groups excluding carboxylic acids is 1. The number of nitrogens with one attached hydrogen (secondary N) is 2. The Bertz CT molecular complexity index is 1080. The number of anilines is 1. The van der Waals surface area contributed by atoms with Gasteiger partial charge in [-0.2, -0.15) is 5.10 Å². The maximum atomic E-state index is 12.8. The number of hydrogen-bond acceptors (Lipinski definition) is 7. The number of aryl methyl sites for hydroxylation is 3. The monoisotopic (exact) mass is 423 g/mol. The first kappa shape index (κ1) is 21.2. The molecule has 4 rings (SSSR count). The highest BCUT2D eigenvalue weighted by atomic mass is 16.3. The van der Waals surface area contributed by atoms with Crippen molar-refractivity contribution in [3.63, 3.8) is 0 Å². The fourth-order valence-corrected chi connectivity index (χ4v) is 4.09. The Morgan fingerprint density at radius 3 is 2.52 bits per heavy atom. The van der Waals surface area contributed by atoms with Gasteiger partial charge < -0.3 is 15.1 Å². The van der Waals surface area contributed by atoms with E-state index >= 15 is 0 Å². The molecule has 0 radical (unpaired) electrons. The standard InChI is InChI=1S/C22H29N7O2/c1-13-8-16(4)29(27-13)20-9-19(25-22(26-20)18-7-6-17(5)31-18)24-21(30)12-28-10-14(2)23-15(3)11-28/h6-9,14-15,23H,10-12H2,1-5H3,(H,24,25,26,30). The fourth-order valence-electron chi connectivity index (χ4n) is 4.09. The van der Waals surface area contributed by atoms with E-state index in [1.54, 1.807) is 10.7 Å². The molecule has 2 N–H and O–H groups in total. The molecule has 31 heavy (non-hydrogen) atoms. The molecular formula is C22H29N7O2. The summed E-state index contributed by atoms with van der Waals surface area (Å²) in [5.41, 5.74) is 1.83. The van der Waals surface area contributed by atoms with E-state index in [9.17, 15) is 4.79 Å². The second-order valence-corrected chi connectivity index (χ2v) is 8.40. The number of hydrogen-bond donors (Lipinski definition) is 2. The van der Waals surface area contributed by atoms with Crippen LogP contribution < -0.4 is 10.6 Å². The largest absolute Gasteiger partial charge is 0.458 e. The molecule has 3 aromatic rings. The Morgan fingerprint density at radius 1 is 1.16 bits per heavy atom. The highest BCUT2D eigenvalue weighted by Crippen LogP contribution is 2.23. The predicted octanol–water partition coefficient (Wildman–Crippen LogP) is 2.47. The molecule has 4 heterocycles. The lowest BCUT2D eigenvalue weighted by molar-refractivity contribution is -0.117. The van der Waals surface area contributed by atoms with Crippen LogP contribution >= 0.6 is 0 Å². The van der Waals surface area contributed by atoms with E-state index in [0.717, 1.165) is 30.2 Å². The lowest BCUT2D eigenvalue weighted by atomic mass is 10.1. The molecule has 2 unspecified atom stereocenters. The first-order valence-electron chi connectivity index (χ1n) is 10.5. The van der Waals surface area contributed by atoms with E-state index in [1.165, 1.54) is 0 Å². The fraction of sp³-hybridized carbons (Fsp3) is 0.455. The van der Waals surface area contributed by atoms with Crippen molar-refractivity contribution in [2.75, 3.05) is 25.0 Å². The third kappa shape index (κ3) is 5.00. The molecule has 9 nitrogen and oxygen atoms in total. The van der Waals surface area contributed by atoms with Gasteiger partial charge in [0.15, 0.2) is 17.4 Å². The van der Waals surface area contributed by atoms with Gasteiger partial charge in [-0.3, -0.25) is 9.69 Å². The number of amides is 1. The second kappa shape index (κ2) is 8.60. The molecule has 0 bridgehead atoms. The zero-order valence-corrected chi connectivity index (χ0v) is 18.6. The third-order valence-electron chi connectivity index (χ3n) is 5.17. The molecule has 0 spiro atoms. The molecule has 1 fully saturated rings. The zero-order chi connectivity index (χ0) is 22.1. The topological polar surface area (TPSA) is 101 Å². The van der Waals surface area contributed by atoms with Crippen molar-refractivity contribution in [3.8, 4) is 17.4 Å². The summed E-state index contributed by atoms with van der Waals surface area (Å²) < 4.78 is 7.46. The maximum Gasteiger partial charge on any atom is 0.239 e. The minimum absolute atomic E-state index is 0.110. The van der Waals surface area contributed by atoms with Crippen LogP contribution in [-0.2, 0) is 4.79 Å². The summed E-state index contributed by atoms with van der Waals surface area (Å²) in [5.74, 6) is 2.59. The van der Waals surface area contributed by atoms with Crippen molar-refractivity contribution in [2.24, 2.45) is 0 Å². The molecule has 1 saturated heterocycles. The van der Waals surface area contributed by atoms with Gasteiger partial charge in [0, 0.05) is 36.9 Å². The average Bonchev–Trinajstić information content (AvgIpc) is 3.25. The smallest absolute Gasteiger partial charge is 0.239 e. The van der Waals surface area contributed by atoms with Crippen molar-refractivity contribution < 1.29 is 9.21 Å². The number of carbonyl (C=O) groups is 1. The van der Waals surface area contributed by atoms with Gasteiger partial charge in [0.05, 0.1) is 12.2 Å². The van der Waals surface area contributed by atoms with Crippen molar-refractivity contribution in [1.82, 2.24) is 30.0 Å². The summed E-state index contributed by atoms with van der Waals surface area (Å²) in [5, 5.41) is 10.9. The van der Waals surface area contributed by atoms with Gasteiger partial charge in [-0.25, -0.2) is 14.6 Å². The lowest BCUT2D eigenvalue weighted by Crippen LogP contribution is -2.55. The van der Waals surface area contributed by atoms with Crippen molar-refractivity contribution in [1.29, 1.82) is 0 Å². The predicted molar refractivity (Wildman–Crippen MR) is 118 cm³/mol. The molecular weight excluding hydrogens is 394 g/mol. The van der Waals surface area contributed by atoms with E-state index in [0.29, 0.717) is 41.8 Å². The molecule has 9 heteroatoms. The Labute approximate surface area is 181 Å². The van der Waals surface area contributed by atoms with Gasteiger partial charge in [-0.15, -0.1) is 0 Å². The van der Waals surface area contributed by atoms with Crippen LogP contribution in [-0.4, -0.2) is 62.3 Å². The average molecular weight is 424 g/mol. The van der Waals surface area contributed by atoms with Crippen LogP contribution in [0.1, 0.15) is 31.0 Å². The Hall–Kier alpha value is -3.04. The molecule has 1 aliphatic heterocycles. The minimum atomic E-state index is -0.110. The summed E-state index contributed by atoms with van der Waals surface area (Å²) in [7, 11) is 0. The molecule has 3 aromatic heterocycles. The van der Waals surface area contributed by atoms with Crippen LogP contribution in [0.2, 0.25) is 0 Å². The number of furan rings is 1. The molecule has 0 saturated carbocycles. The Kier molecular flexibility index (Phi) is 5.88. The molecule has 1 amide bonds. The van der Waals surface area contributed by atoms with Gasteiger partial charge in [0.1, 0.15) is 11.6 Å². The van der Waals surface area contributed by atoms with Gasteiger partial charge in [0.2, 0.25) is 5.91 Å². The van der Waals surface area contributed by atoms with Crippen LogP contribution in [0.4, 0.5) is 5.82 Å². The van der Waals surface area contributed by atoms with E-state index < -0.39 is 0 Å². The highest BCUT2D eigenvalue weighted by molar-refractivity contribution is 5.91. The van der Waals surface area contributed by atoms with Gasteiger partial charge in [-0.05, 0) is 52.8 Å². The quantitative estimate of drug-likeness (QED) is 0.650. The lowest BCUT2D eigenvalue weighted by Gasteiger charge is -2.35. The van der Waals surface area contributed by atoms with Crippen molar-refractivity contribution >= 4 is 11.7 Å². The maximum absolute atomic E-state index is 12.8. The van der Waals surface area contributed by atoms with Crippen LogP contribution in [0.5, 0.6) is 0 Å². The molecule has 0 aromatic carbocycles. The van der Waals surface area contributed by atoms with Gasteiger partial charge in [-0.1, -0.05) is 0 Å². The zero-order valence-electron chi connectivity index (χ0n) is 18.6. The summed E-state index contributed by atoms with van der Waals surface area (Å²) in [6, 6.07) is 8.09. The van der Waals surface area contributed by atoms with Crippen LogP contribution in [0.25, 0.3) is 17.4 Å². The Balaban J connectivity index is 1.61. The van der Waals surface area contributed by atoms with Gasteiger partial charge >= 0.3 is 0 Å². The highest BCUT2D eigenvalue weighted by Gasteiger charge is 2.23. The van der Waals surface area contributed by atoms with Crippen molar-refractivity contribution in [3.05, 3.63) is 41.4 Å². The van der Waals surface area contributed by atoms with E-state index in [-0.39, 0.29) is 5.91 Å².